The Balaban J connectivity index is 1.68. The lowest BCUT2D eigenvalue weighted by Crippen LogP contribution is -1.97. The summed E-state index contributed by atoms with van der Waals surface area (Å²) in [7, 11) is 0. The summed E-state index contributed by atoms with van der Waals surface area (Å²) in [5.41, 5.74) is 2.39. The van der Waals surface area contributed by atoms with Crippen LogP contribution in [-0.2, 0) is 9.53 Å². The zero-order chi connectivity index (χ0) is 17.9. The highest BCUT2D eigenvalue weighted by atomic mass is 16.5. The molecule has 0 unspecified atom stereocenters. The Morgan fingerprint density at radius 3 is 2.54 bits per heavy atom. The van der Waals surface area contributed by atoms with E-state index in [1.807, 2.05) is 79.7 Å². The summed E-state index contributed by atoms with van der Waals surface area (Å²) in [6.07, 6.45) is 3.64. The highest BCUT2D eigenvalue weighted by molar-refractivity contribution is 6.07. The highest BCUT2D eigenvalue weighted by Gasteiger charge is 2.23. The number of ether oxygens (including phenoxy) is 2. The molecule has 0 saturated heterocycles. The molecule has 0 N–H and O–H groups in total. The smallest absolute Gasteiger partial charge is 0.343 e. The minimum absolute atomic E-state index is 0.332. The average Bonchev–Trinajstić information content (AvgIpc) is 3.03. The second-order valence-electron chi connectivity index (χ2n) is 6.03. The van der Waals surface area contributed by atoms with E-state index in [0.717, 1.165) is 27.6 Å². The third kappa shape index (κ3) is 3.11. The molecule has 128 valence electrons. The number of hydrogen-bond acceptors (Lipinski definition) is 3. The molecule has 0 radical (unpaired) electrons. The standard InChI is InChI=1S/C23H18O3/c1-2-25-19-12-10-16(11-13-19)14-18-15-22(26-23(18)24)21-9-5-7-17-6-3-4-8-20(17)21/h3-15H,2H2,1H3/b18-14-. The Labute approximate surface area is 152 Å². The molecule has 0 aromatic heterocycles. The molecular formula is C23H18O3. The number of carbonyl (C=O) groups excluding carboxylic acids is 1. The van der Waals surface area contributed by atoms with Crippen molar-refractivity contribution in [3.8, 4) is 5.75 Å². The molecule has 1 heterocycles. The first-order chi connectivity index (χ1) is 12.7. The summed E-state index contributed by atoms with van der Waals surface area (Å²) in [5.74, 6) is 1.07. The monoisotopic (exact) mass is 342 g/mol. The molecule has 4 rings (SSSR count). The van der Waals surface area contributed by atoms with E-state index in [9.17, 15) is 4.79 Å². The molecule has 0 atom stereocenters. The van der Waals surface area contributed by atoms with Crippen LogP contribution in [0.25, 0.3) is 22.6 Å². The Bertz CT molecular complexity index is 1020. The number of fused-ring (bicyclic) bond motifs is 1. The fourth-order valence-electron chi connectivity index (χ4n) is 3.07. The van der Waals surface area contributed by atoms with Crippen molar-refractivity contribution in [3.05, 3.63) is 89.5 Å². The number of esters is 1. The molecule has 0 aliphatic carbocycles. The van der Waals surface area contributed by atoms with E-state index in [-0.39, 0.29) is 5.97 Å². The maximum atomic E-state index is 12.3. The van der Waals surface area contributed by atoms with Gasteiger partial charge in [-0.2, -0.15) is 0 Å². The van der Waals surface area contributed by atoms with Gasteiger partial charge in [0.05, 0.1) is 12.2 Å². The molecule has 0 amide bonds. The van der Waals surface area contributed by atoms with E-state index >= 15 is 0 Å². The normalized spacial score (nSPS) is 15.2. The first-order valence-corrected chi connectivity index (χ1v) is 8.61. The van der Waals surface area contributed by atoms with Gasteiger partial charge in [-0.3, -0.25) is 0 Å². The van der Waals surface area contributed by atoms with Crippen LogP contribution in [0.4, 0.5) is 0 Å². The van der Waals surface area contributed by atoms with Crippen molar-refractivity contribution < 1.29 is 14.3 Å². The van der Waals surface area contributed by atoms with Crippen LogP contribution >= 0.6 is 0 Å². The number of hydrogen-bond donors (Lipinski definition) is 0. The van der Waals surface area contributed by atoms with Crippen molar-refractivity contribution in [3.63, 3.8) is 0 Å². The van der Waals surface area contributed by atoms with Crippen molar-refractivity contribution in [1.82, 2.24) is 0 Å². The van der Waals surface area contributed by atoms with Gasteiger partial charge in [0.25, 0.3) is 0 Å². The molecule has 26 heavy (non-hydrogen) atoms. The highest BCUT2D eigenvalue weighted by Crippen LogP contribution is 2.32. The molecule has 3 aromatic rings. The summed E-state index contributed by atoms with van der Waals surface area (Å²) < 4.78 is 11.0. The molecule has 3 aromatic carbocycles. The molecule has 0 fully saturated rings. The largest absolute Gasteiger partial charge is 0.494 e. The zero-order valence-corrected chi connectivity index (χ0v) is 14.4. The van der Waals surface area contributed by atoms with Crippen LogP contribution in [0.3, 0.4) is 0 Å². The van der Waals surface area contributed by atoms with Gasteiger partial charge in [-0.15, -0.1) is 0 Å². The summed E-state index contributed by atoms with van der Waals surface area (Å²) >= 11 is 0. The third-order valence-electron chi connectivity index (χ3n) is 4.29. The molecule has 0 saturated carbocycles. The quantitative estimate of drug-likeness (QED) is 0.482. The number of cyclic esters (lactones) is 1. The number of benzene rings is 3. The summed E-state index contributed by atoms with van der Waals surface area (Å²) in [6, 6.07) is 21.7. The lowest BCUT2D eigenvalue weighted by atomic mass is 10.0. The van der Waals surface area contributed by atoms with E-state index in [1.165, 1.54) is 0 Å². The van der Waals surface area contributed by atoms with Gasteiger partial charge >= 0.3 is 5.97 Å². The maximum Gasteiger partial charge on any atom is 0.343 e. The topological polar surface area (TPSA) is 35.5 Å². The Kier molecular flexibility index (Phi) is 4.28. The summed E-state index contributed by atoms with van der Waals surface area (Å²) in [6.45, 7) is 2.58. The SMILES string of the molecule is CCOc1ccc(/C=C2/C=C(c3cccc4ccccc34)OC2=O)cc1. The zero-order valence-electron chi connectivity index (χ0n) is 14.4. The second kappa shape index (κ2) is 6.89. The van der Waals surface area contributed by atoms with Gasteiger partial charge in [-0.25, -0.2) is 4.79 Å². The lowest BCUT2D eigenvalue weighted by Gasteiger charge is -2.06. The van der Waals surface area contributed by atoms with Gasteiger partial charge in [0, 0.05) is 5.56 Å². The van der Waals surface area contributed by atoms with Crippen LogP contribution < -0.4 is 4.74 Å². The molecule has 1 aliphatic rings. The van der Waals surface area contributed by atoms with E-state index in [4.69, 9.17) is 9.47 Å². The molecule has 1 aliphatic heterocycles. The predicted molar refractivity (Wildman–Crippen MR) is 104 cm³/mol. The van der Waals surface area contributed by atoms with Crippen LogP contribution in [0, 0.1) is 0 Å². The third-order valence-corrected chi connectivity index (χ3v) is 4.29. The maximum absolute atomic E-state index is 12.3. The molecule has 3 nitrogen and oxygen atoms in total. The van der Waals surface area contributed by atoms with Crippen LogP contribution in [0.15, 0.2) is 78.4 Å². The summed E-state index contributed by atoms with van der Waals surface area (Å²) in [4.78, 5) is 12.3. The number of rotatable bonds is 4. The van der Waals surface area contributed by atoms with Crippen molar-refractivity contribution in [2.24, 2.45) is 0 Å². The van der Waals surface area contributed by atoms with Gasteiger partial charge in [-0.1, -0.05) is 54.6 Å². The average molecular weight is 342 g/mol. The summed E-state index contributed by atoms with van der Waals surface area (Å²) in [5, 5.41) is 2.18. The van der Waals surface area contributed by atoms with Crippen molar-refractivity contribution in [2.45, 2.75) is 6.92 Å². The van der Waals surface area contributed by atoms with Gasteiger partial charge in [0.1, 0.15) is 11.5 Å². The predicted octanol–water partition coefficient (Wildman–Crippen LogP) is 5.22. The molecule has 0 bridgehead atoms. The minimum atomic E-state index is -0.332. The van der Waals surface area contributed by atoms with E-state index < -0.39 is 0 Å². The second-order valence-corrected chi connectivity index (χ2v) is 6.03. The van der Waals surface area contributed by atoms with Crippen LogP contribution in [0.2, 0.25) is 0 Å². The van der Waals surface area contributed by atoms with E-state index in [2.05, 4.69) is 0 Å². The van der Waals surface area contributed by atoms with Gasteiger partial charge in [-0.05, 0) is 47.5 Å². The van der Waals surface area contributed by atoms with E-state index in [1.54, 1.807) is 6.08 Å². The fourth-order valence-corrected chi connectivity index (χ4v) is 3.07. The van der Waals surface area contributed by atoms with Crippen LogP contribution in [-0.4, -0.2) is 12.6 Å². The van der Waals surface area contributed by atoms with Crippen molar-refractivity contribution in [1.29, 1.82) is 0 Å². The van der Waals surface area contributed by atoms with Gasteiger partial charge in [0.2, 0.25) is 0 Å². The van der Waals surface area contributed by atoms with Crippen LogP contribution in [0.1, 0.15) is 18.1 Å². The Morgan fingerprint density at radius 2 is 1.73 bits per heavy atom. The van der Waals surface area contributed by atoms with Crippen LogP contribution in [0.5, 0.6) is 5.75 Å². The Morgan fingerprint density at radius 1 is 0.962 bits per heavy atom. The van der Waals surface area contributed by atoms with Crippen molar-refractivity contribution >= 4 is 28.6 Å². The Hall–Kier alpha value is -3.33. The van der Waals surface area contributed by atoms with Gasteiger partial charge in [0.15, 0.2) is 0 Å². The number of carbonyl (C=O) groups is 1. The first kappa shape index (κ1) is 16.2. The fraction of sp³-hybridized carbons (Fsp3) is 0.0870. The molecule has 0 spiro atoms. The van der Waals surface area contributed by atoms with Crippen molar-refractivity contribution in [2.75, 3.05) is 6.61 Å². The minimum Gasteiger partial charge on any atom is -0.494 e. The molecule has 3 heteroatoms. The van der Waals surface area contributed by atoms with E-state index in [0.29, 0.717) is 17.9 Å². The molecular weight excluding hydrogens is 324 g/mol. The van der Waals surface area contributed by atoms with Gasteiger partial charge < -0.3 is 9.47 Å². The first-order valence-electron chi connectivity index (χ1n) is 8.61. The lowest BCUT2D eigenvalue weighted by molar-refractivity contribution is -0.130.